The maximum absolute atomic E-state index is 13.3. The second-order valence-corrected chi connectivity index (χ2v) is 7.07. The molecule has 5 heteroatoms. The van der Waals surface area contributed by atoms with E-state index in [1.807, 2.05) is 41.6 Å². The molecule has 5 nitrogen and oxygen atoms in total. The van der Waals surface area contributed by atoms with Crippen molar-refractivity contribution < 1.29 is 4.79 Å². The summed E-state index contributed by atoms with van der Waals surface area (Å²) in [6.45, 7) is 1.54. The van der Waals surface area contributed by atoms with E-state index in [1.165, 1.54) is 18.4 Å². The maximum atomic E-state index is 13.3. The zero-order valence-electron chi connectivity index (χ0n) is 14.7. The van der Waals surface area contributed by atoms with Crippen LogP contribution in [0.15, 0.2) is 48.8 Å². The number of piperidine rings is 1. The van der Waals surface area contributed by atoms with Crippen molar-refractivity contribution in [1.29, 1.82) is 5.26 Å². The lowest BCUT2D eigenvalue weighted by Gasteiger charge is -2.38. The summed E-state index contributed by atoms with van der Waals surface area (Å²) in [5.41, 5.74) is 2.71. The van der Waals surface area contributed by atoms with Crippen molar-refractivity contribution in [2.45, 2.75) is 44.3 Å². The molecule has 1 aliphatic heterocycles. The van der Waals surface area contributed by atoms with Gasteiger partial charge in [-0.25, -0.2) is 0 Å². The van der Waals surface area contributed by atoms with Gasteiger partial charge in [0.25, 0.3) is 0 Å². The molecular formula is C21H22N4O. The lowest BCUT2D eigenvalue weighted by Crippen LogP contribution is -2.53. The molecule has 1 atom stereocenters. The van der Waals surface area contributed by atoms with Crippen LogP contribution in [0.1, 0.15) is 36.8 Å². The van der Waals surface area contributed by atoms with Crippen LogP contribution >= 0.6 is 0 Å². The Morgan fingerprint density at radius 1 is 1.12 bits per heavy atom. The molecule has 2 fully saturated rings. The molecule has 2 aromatic rings. The van der Waals surface area contributed by atoms with Crippen molar-refractivity contribution in [3.8, 4) is 6.07 Å². The Balaban J connectivity index is 1.54. The Kier molecular flexibility index (Phi) is 4.68. The molecule has 0 unspecified atom stereocenters. The highest BCUT2D eigenvalue weighted by atomic mass is 16.2. The molecule has 1 saturated carbocycles. The molecular weight excluding hydrogens is 324 g/mol. The third-order valence-electron chi connectivity index (χ3n) is 5.25. The van der Waals surface area contributed by atoms with Crippen LogP contribution in [0.4, 0.5) is 5.69 Å². The summed E-state index contributed by atoms with van der Waals surface area (Å²) in [5.74, 6) is 0.182. The van der Waals surface area contributed by atoms with Crippen molar-refractivity contribution in [1.82, 2.24) is 9.88 Å². The van der Waals surface area contributed by atoms with Gasteiger partial charge in [-0.15, -0.1) is 0 Å². The number of carbonyl (C=O) groups excluding carboxylic acids is 1. The zero-order chi connectivity index (χ0) is 17.9. The second-order valence-electron chi connectivity index (χ2n) is 7.07. The lowest BCUT2D eigenvalue weighted by atomic mass is 10.0. The monoisotopic (exact) mass is 346 g/mol. The van der Waals surface area contributed by atoms with E-state index in [1.54, 1.807) is 12.1 Å². The molecule has 1 aromatic heterocycles. The van der Waals surface area contributed by atoms with Gasteiger partial charge in [-0.2, -0.15) is 5.26 Å². The van der Waals surface area contributed by atoms with Crippen molar-refractivity contribution in [3.05, 3.63) is 59.9 Å². The average Bonchev–Trinajstić information content (AvgIpc) is 3.53. The van der Waals surface area contributed by atoms with Crippen LogP contribution in [0.2, 0.25) is 0 Å². The highest BCUT2D eigenvalue weighted by Crippen LogP contribution is 2.34. The fourth-order valence-electron chi connectivity index (χ4n) is 3.74. The third kappa shape index (κ3) is 3.47. The minimum absolute atomic E-state index is 0.0694. The number of aromatic nitrogens is 1. The topological polar surface area (TPSA) is 60.2 Å². The number of nitrogens with zero attached hydrogens (tertiary/aromatic N) is 4. The fourth-order valence-corrected chi connectivity index (χ4v) is 3.74. The maximum Gasteiger partial charge on any atom is 0.244 e. The summed E-state index contributed by atoms with van der Waals surface area (Å²) in [5, 5.41) is 8.97. The fraction of sp³-hybridized carbons (Fsp3) is 0.381. The molecule has 0 spiro atoms. The van der Waals surface area contributed by atoms with Crippen molar-refractivity contribution in [3.63, 3.8) is 0 Å². The Morgan fingerprint density at radius 2 is 1.85 bits per heavy atom. The van der Waals surface area contributed by atoms with E-state index in [0.717, 1.165) is 31.6 Å². The number of hydrogen-bond acceptors (Lipinski definition) is 4. The summed E-state index contributed by atoms with van der Waals surface area (Å²) >= 11 is 0. The van der Waals surface area contributed by atoms with Gasteiger partial charge in [0.15, 0.2) is 0 Å². The predicted octanol–water partition coefficient (Wildman–Crippen LogP) is 3.11. The standard InChI is InChI=1S/C21H22N4O/c22-14-16-3-5-18(6-4-16)24-13-1-2-20(21(24)26)25(19-7-8-19)15-17-9-11-23-12-10-17/h3-6,9-12,19-20H,1-2,7-8,13,15H2/t20-/m0/s1. The Bertz CT molecular complexity index is 808. The van der Waals surface area contributed by atoms with Crippen LogP contribution in [-0.2, 0) is 11.3 Å². The molecule has 132 valence electrons. The van der Waals surface area contributed by atoms with Crippen LogP contribution in [0, 0.1) is 11.3 Å². The van der Waals surface area contributed by atoms with E-state index in [0.29, 0.717) is 11.6 Å². The summed E-state index contributed by atoms with van der Waals surface area (Å²) in [7, 11) is 0. The van der Waals surface area contributed by atoms with Crippen molar-refractivity contribution in [2.75, 3.05) is 11.4 Å². The smallest absolute Gasteiger partial charge is 0.244 e. The molecule has 26 heavy (non-hydrogen) atoms. The summed E-state index contributed by atoms with van der Waals surface area (Å²) in [6.07, 6.45) is 7.87. The first-order valence-corrected chi connectivity index (χ1v) is 9.22. The number of benzene rings is 1. The first-order valence-electron chi connectivity index (χ1n) is 9.22. The van der Waals surface area contributed by atoms with Gasteiger partial charge in [0.1, 0.15) is 0 Å². The third-order valence-corrected chi connectivity index (χ3v) is 5.25. The molecule has 4 rings (SSSR count). The van der Waals surface area contributed by atoms with Crippen LogP contribution in [-0.4, -0.2) is 34.4 Å². The minimum Gasteiger partial charge on any atom is -0.311 e. The van der Waals surface area contributed by atoms with Crippen molar-refractivity contribution >= 4 is 11.6 Å². The molecule has 1 aromatic carbocycles. The summed E-state index contributed by atoms with van der Waals surface area (Å²) in [6, 6.07) is 13.9. The number of anilines is 1. The van der Waals surface area contributed by atoms with Crippen LogP contribution in [0.25, 0.3) is 0 Å². The molecule has 2 aliphatic rings. The molecule has 0 radical (unpaired) electrons. The highest BCUT2D eigenvalue weighted by Gasteiger charge is 2.40. The van der Waals surface area contributed by atoms with Gasteiger partial charge in [-0.1, -0.05) is 0 Å². The normalized spacial score (nSPS) is 20.2. The highest BCUT2D eigenvalue weighted by molar-refractivity contribution is 5.98. The van der Waals surface area contributed by atoms with E-state index < -0.39 is 0 Å². The van der Waals surface area contributed by atoms with Gasteiger partial charge < -0.3 is 4.90 Å². The van der Waals surface area contributed by atoms with E-state index >= 15 is 0 Å². The van der Waals surface area contributed by atoms with E-state index in [9.17, 15) is 4.79 Å². The van der Waals surface area contributed by atoms with Gasteiger partial charge in [0.2, 0.25) is 5.91 Å². The van der Waals surface area contributed by atoms with E-state index in [4.69, 9.17) is 5.26 Å². The molecule has 1 aliphatic carbocycles. The molecule has 2 heterocycles. The SMILES string of the molecule is N#Cc1ccc(N2CCC[C@H](N(Cc3ccncc3)C3CC3)C2=O)cc1. The van der Waals surface area contributed by atoms with Crippen LogP contribution in [0.3, 0.4) is 0 Å². The second kappa shape index (κ2) is 7.27. The summed E-state index contributed by atoms with van der Waals surface area (Å²) in [4.78, 5) is 21.6. The summed E-state index contributed by atoms with van der Waals surface area (Å²) < 4.78 is 0. The van der Waals surface area contributed by atoms with Crippen molar-refractivity contribution in [2.24, 2.45) is 0 Å². The lowest BCUT2D eigenvalue weighted by molar-refractivity contribution is -0.125. The van der Waals surface area contributed by atoms with E-state index in [2.05, 4.69) is 16.0 Å². The quantitative estimate of drug-likeness (QED) is 0.835. The number of rotatable bonds is 5. The van der Waals surface area contributed by atoms with Gasteiger partial charge >= 0.3 is 0 Å². The zero-order valence-corrected chi connectivity index (χ0v) is 14.7. The number of carbonyl (C=O) groups is 1. The van der Waals surface area contributed by atoms with Gasteiger partial charge in [0.05, 0.1) is 17.7 Å². The molecule has 0 N–H and O–H groups in total. The number of nitriles is 1. The number of amides is 1. The van der Waals surface area contributed by atoms with Crippen LogP contribution in [0.5, 0.6) is 0 Å². The first kappa shape index (κ1) is 16.7. The van der Waals surface area contributed by atoms with Gasteiger partial charge in [-0.3, -0.25) is 14.7 Å². The largest absolute Gasteiger partial charge is 0.311 e. The van der Waals surface area contributed by atoms with Gasteiger partial charge in [0, 0.05) is 37.2 Å². The molecule has 1 saturated heterocycles. The average molecular weight is 346 g/mol. The Labute approximate surface area is 153 Å². The predicted molar refractivity (Wildman–Crippen MR) is 99.3 cm³/mol. The molecule has 0 bridgehead atoms. The van der Waals surface area contributed by atoms with E-state index in [-0.39, 0.29) is 11.9 Å². The first-order chi connectivity index (χ1) is 12.8. The number of hydrogen-bond donors (Lipinski definition) is 0. The van der Waals surface area contributed by atoms with Crippen LogP contribution < -0.4 is 4.90 Å². The number of pyridine rings is 1. The molecule has 1 amide bonds. The Morgan fingerprint density at radius 3 is 2.50 bits per heavy atom. The minimum atomic E-state index is -0.0694. The Hall–Kier alpha value is -2.71. The van der Waals surface area contributed by atoms with Gasteiger partial charge in [-0.05, 0) is 67.6 Å².